The van der Waals surface area contributed by atoms with Crippen LogP contribution in [0, 0.1) is 5.92 Å². The fourth-order valence-corrected chi connectivity index (χ4v) is 5.68. The van der Waals surface area contributed by atoms with E-state index in [0.29, 0.717) is 18.8 Å². The van der Waals surface area contributed by atoms with Crippen molar-refractivity contribution in [2.24, 2.45) is 10.9 Å². The molecule has 4 atom stereocenters. The van der Waals surface area contributed by atoms with Gasteiger partial charge in [-0.3, -0.25) is 14.5 Å². The van der Waals surface area contributed by atoms with E-state index < -0.39 is 0 Å². The van der Waals surface area contributed by atoms with E-state index in [0.717, 1.165) is 52.4 Å². The van der Waals surface area contributed by atoms with E-state index in [2.05, 4.69) is 58.8 Å². The van der Waals surface area contributed by atoms with Gasteiger partial charge in [0.05, 0.1) is 47.2 Å². The number of rotatable bonds is 9. The fourth-order valence-electron chi connectivity index (χ4n) is 5.68. The zero-order valence-electron chi connectivity index (χ0n) is 25.4. The van der Waals surface area contributed by atoms with Crippen LogP contribution in [0.15, 0.2) is 47.7 Å². The molecular weight excluding hydrogens is 514 g/mol. The quantitative estimate of drug-likeness (QED) is 0.367. The largest absolute Gasteiger partial charge is 0.497 e. The molecule has 3 aromatic rings. The number of fused-ring (bicyclic) bond motifs is 1. The second kappa shape index (κ2) is 11.7. The number of methoxy groups -OCH3 is 1. The highest BCUT2D eigenvalue weighted by Crippen LogP contribution is 2.32. The molecule has 1 fully saturated rings. The van der Waals surface area contributed by atoms with Crippen LogP contribution in [0.5, 0.6) is 11.6 Å². The minimum Gasteiger partial charge on any atom is -0.497 e. The van der Waals surface area contributed by atoms with Crippen LogP contribution >= 0.6 is 0 Å². The maximum absolute atomic E-state index is 13.1. The molecular formula is C33H43N5O3. The van der Waals surface area contributed by atoms with Gasteiger partial charge in [0, 0.05) is 30.6 Å². The third-order valence-electron chi connectivity index (χ3n) is 8.32. The molecule has 0 bridgehead atoms. The summed E-state index contributed by atoms with van der Waals surface area (Å²) >= 11 is 0. The molecule has 0 saturated carbocycles. The predicted octanol–water partition coefficient (Wildman–Crippen LogP) is 5.06. The summed E-state index contributed by atoms with van der Waals surface area (Å²) < 4.78 is 13.9. The third kappa shape index (κ3) is 6.16. The van der Waals surface area contributed by atoms with Crippen molar-refractivity contribution in [3.8, 4) is 22.9 Å². The van der Waals surface area contributed by atoms with E-state index in [1.165, 1.54) is 0 Å². The molecule has 8 heteroatoms. The Bertz CT molecular complexity index is 1510. The van der Waals surface area contributed by atoms with Gasteiger partial charge in [-0.2, -0.15) is 5.10 Å². The molecule has 41 heavy (non-hydrogen) atoms. The van der Waals surface area contributed by atoms with Gasteiger partial charge in [0.1, 0.15) is 11.9 Å². The Morgan fingerprint density at radius 1 is 1.15 bits per heavy atom. The van der Waals surface area contributed by atoms with Crippen molar-refractivity contribution in [3.05, 3.63) is 58.9 Å². The topological polar surface area (TPSA) is 81.8 Å². The van der Waals surface area contributed by atoms with E-state index in [-0.39, 0.29) is 35.6 Å². The highest BCUT2D eigenvalue weighted by Gasteiger charge is 2.37. The van der Waals surface area contributed by atoms with Gasteiger partial charge in [-0.25, -0.2) is 4.98 Å². The molecule has 0 aliphatic carbocycles. The number of carbonyl (C=O) groups excluding carboxylic acids is 1. The number of amides is 1. The molecule has 2 aliphatic rings. The SMILES string of the molecule is CCCC1CC=c2c(OC(C)C3CC(=O)N(C(C)c4ccc(OC)cc4)C3)nc(-c3cnn(C(C)(C)C)c3)cc2=N1. The van der Waals surface area contributed by atoms with Crippen LogP contribution in [0.4, 0.5) is 0 Å². The van der Waals surface area contributed by atoms with Gasteiger partial charge in [-0.05, 0) is 71.2 Å². The van der Waals surface area contributed by atoms with Crippen molar-refractivity contribution in [2.45, 2.75) is 91.0 Å². The second-order valence-electron chi connectivity index (χ2n) is 12.4. The van der Waals surface area contributed by atoms with Crippen molar-refractivity contribution in [2.75, 3.05) is 13.7 Å². The normalized spacial score (nSPS) is 20.2. The average molecular weight is 558 g/mol. The van der Waals surface area contributed by atoms with Crippen molar-refractivity contribution in [3.63, 3.8) is 0 Å². The third-order valence-corrected chi connectivity index (χ3v) is 8.32. The molecule has 2 aliphatic heterocycles. The van der Waals surface area contributed by atoms with Crippen LogP contribution in [0.1, 0.15) is 78.8 Å². The Morgan fingerprint density at radius 2 is 1.90 bits per heavy atom. The van der Waals surface area contributed by atoms with E-state index in [1.54, 1.807) is 7.11 Å². The maximum Gasteiger partial charge on any atom is 0.223 e. The van der Waals surface area contributed by atoms with Gasteiger partial charge in [0.25, 0.3) is 0 Å². The molecule has 1 amide bonds. The first-order chi connectivity index (χ1) is 19.6. The summed E-state index contributed by atoms with van der Waals surface area (Å²) in [5.41, 5.74) is 2.69. The number of likely N-dealkylation sites (tertiary alicyclic amines) is 1. The minimum absolute atomic E-state index is 0.0261. The van der Waals surface area contributed by atoms with Crippen LogP contribution < -0.4 is 20.0 Å². The summed E-state index contributed by atoms with van der Waals surface area (Å²) in [5, 5.41) is 6.46. The zero-order valence-corrected chi connectivity index (χ0v) is 25.4. The molecule has 0 N–H and O–H groups in total. The zero-order chi connectivity index (χ0) is 29.3. The number of pyridine rings is 1. The number of benzene rings is 1. The summed E-state index contributed by atoms with van der Waals surface area (Å²) in [6.45, 7) is 13.3. The van der Waals surface area contributed by atoms with Gasteiger partial charge in [0.2, 0.25) is 11.8 Å². The standard InChI is InChI=1S/C33H43N5O3/c1-8-9-26-12-15-28-30(35-26)17-29(25-18-34-38(20-25)33(4,5)6)36-32(28)41-22(3)24-16-31(39)37(19-24)21(2)23-10-13-27(40-7)14-11-23/h10-11,13-15,17-18,20-22,24,26H,8-9,12,16,19H2,1-7H3. The lowest BCUT2D eigenvalue weighted by atomic mass is 10.0. The highest BCUT2D eigenvalue weighted by atomic mass is 16.5. The van der Waals surface area contributed by atoms with Crippen LogP contribution in [0.3, 0.4) is 0 Å². The molecule has 4 heterocycles. The molecule has 5 rings (SSSR count). The molecule has 218 valence electrons. The van der Waals surface area contributed by atoms with Crippen molar-refractivity contribution >= 4 is 12.0 Å². The van der Waals surface area contributed by atoms with Crippen molar-refractivity contribution < 1.29 is 14.3 Å². The first-order valence-corrected chi connectivity index (χ1v) is 14.8. The lowest BCUT2D eigenvalue weighted by Crippen LogP contribution is -2.37. The Labute approximate surface area is 243 Å². The first kappa shape index (κ1) is 28.8. The smallest absolute Gasteiger partial charge is 0.223 e. The Morgan fingerprint density at radius 3 is 2.56 bits per heavy atom. The monoisotopic (exact) mass is 557 g/mol. The number of nitrogens with zero attached hydrogens (tertiary/aromatic N) is 5. The number of hydrogen-bond donors (Lipinski definition) is 0. The molecule has 8 nitrogen and oxygen atoms in total. The van der Waals surface area contributed by atoms with Gasteiger partial charge in [-0.1, -0.05) is 31.6 Å². The van der Waals surface area contributed by atoms with E-state index in [9.17, 15) is 4.79 Å². The minimum atomic E-state index is -0.196. The Kier molecular flexibility index (Phi) is 8.20. The van der Waals surface area contributed by atoms with Gasteiger partial charge >= 0.3 is 0 Å². The van der Waals surface area contributed by atoms with Gasteiger partial charge in [0.15, 0.2) is 0 Å². The number of hydrogen-bond acceptors (Lipinski definition) is 6. The van der Waals surface area contributed by atoms with Crippen LogP contribution in [-0.4, -0.2) is 51.4 Å². The molecule has 2 aromatic heterocycles. The van der Waals surface area contributed by atoms with Crippen LogP contribution in [0.2, 0.25) is 0 Å². The van der Waals surface area contributed by atoms with E-state index >= 15 is 0 Å². The highest BCUT2D eigenvalue weighted by molar-refractivity contribution is 5.79. The molecule has 1 saturated heterocycles. The summed E-state index contributed by atoms with van der Waals surface area (Å²) in [6.07, 6.45) is 9.39. The summed E-state index contributed by atoms with van der Waals surface area (Å²) in [7, 11) is 1.66. The lowest BCUT2D eigenvalue weighted by molar-refractivity contribution is -0.129. The van der Waals surface area contributed by atoms with E-state index in [4.69, 9.17) is 19.5 Å². The summed E-state index contributed by atoms with van der Waals surface area (Å²) in [5.74, 6) is 1.60. The average Bonchev–Trinajstić information content (AvgIpc) is 3.60. The first-order valence-electron chi connectivity index (χ1n) is 14.8. The predicted molar refractivity (Wildman–Crippen MR) is 160 cm³/mol. The molecule has 0 radical (unpaired) electrons. The lowest BCUT2D eigenvalue weighted by Gasteiger charge is -2.27. The second-order valence-corrected chi connectivity index (χ2v) is 12.4. The number of ether oxygens (including phenoxy) is 2. The van der Waals surface area contributed by atoms with Crippen LogP contribution in [0.25, 0.3) is 17.3 Å². The van der Waals surface area contributed by atoms with Crippen LogP contribution in [-0.2, 0) is 10.3 Å². The summed E-state index contributed by atoms with van der Waals surface area (Å²) in [4.78, 5) is 25.2. The van der Waals surface area contributed by atoms with Gasteiger partial charge in [-0.15, -0.1) is 0 Å². The molecule has 0 spiro atoms. The number of aromatic nitrogens is 3. The molecule has 1 aromatic carbocycles. The summed E-state index contributed by atoms with van der Waals surface area (Å²) in [6, 6.07) is 10.2. The fraction of sp³-hybridized carbons (Fsp3) is 0.515. The van der Waals surface area contributed by atoms with Gasteiger partial charge < -0.3 is 14.4 Å². The number of carbonyl (C=O) groups is 1. The Hall–Kier alpha value is -3.68. The Balaban J connectivity index is 1.41. The van der Waals surface area contributed by atoms with Crippen molar-refractivity contribution in [1.29, 1.82) is 0 Å². The van der Waals surface area contributed by atoms with Crippen molar-refractivity contribution in [1.82, 2.24) is 19.7 Å². The maximum atomic E-state index is 13.1. The molecule has 4 unspecified atom stereocenters. The van der Waals surface area contributed by atoms with E-state index in [1.807, 2.05) is 46.2 Å².